The van der Waals surface area contributed by atoms with Crippen LogP contribution in [-0.4, -0.2) is 46.0 Å². The highest BCUT2D eigenvalue weighted by Gasteiger charge is 2.17. The highest BCUT2D eigenvalue weighted by atomic mass is 16.2. The van der Waals surface area contributed by atoms with Crippen LogP contribution in [0.5, 0.6) is 0 Å². The molecular formula is C24H23N9O2. The smallest absolute Gasteiger partial charge is 0.276 e. The molecule has 0 unspecified atom stereocenters. The first kappa shape index (κ1) is 22.0. The Balaban J connectivity index is 1.36. The van der Waals surface area contributed by atoms with Crippen molar-refractivity contribution in [3.05, 3.63) is 78.1 Å². The third kappa shape index (κ3) is 4.14. The summed E-state index contributed by atoms with van der Waals surface area (Å²) in [5.41, 5.74) is 4.95. The molecule has 5 rings (SSSR count). The maximum absolute atomic E-state index is 13.0. The summed E-state index contributed by atoms with van der Waals surface area (Å²) in [6, 6.07) is 12.0. The number of fused-ring (bicyclic) bond motifs is 1. The summed E-state index contributed by atoms with van der Waals surface area (Å²) in [6.45, 7) is 4.46. The second kappa shape index (κ2) is 8.86. The van der Waals surface area contributed by atoms with Crippen molar-refractivity contribution in [2.75, 3.05) is 10.6 Å². The van der Waals surface area contributed by atoms with Crippen LogP contribution < -0.4 is 10.6 Å². The average molecular weight is 470 g/mol. The van der Waals surface area contributed by atoms with Gasteiger partial charge in [-0.3, -0.25) is 19.0 Å². The standard InChI is InChI=1S/C24H23N9O2/c1-4-32-21(9-11-26-32)24(35)29-17-7-5-6-16(12-17)28-23(34)19-13-22-25-10-8-20(33(22)30-19)18-14-27-31(3)15(18)2/h5-14H,4H2,1-3H3,(H,28,34)(H,29,35). The molecule has 4 heterocycles. The van der Waals surface area contributed by atoms with E-state index in [1.165, 1.54) is 0 Å². The third-order valence-electron chi connectivity index (χ3n) is 5.73. The van der Waals surface area contributed by atoms with Gasteiger partial charge in [-0.05, 0) is 44.2 Å². The van der Waals surface area contributed by atoms with Gasteiger partial charge in [-0.15, -0.1) is 0 Å². The van der Waals surface area contributed by atoms with Gasteiger partial charge in [-0.1, -0.05) is 6.07 Å². The molecule has 11 nitrogen and oxygen atoms in total. The predicted octanol–water partition coefficient (Wildman–Crippen LogP) is 3.16. The Hall–Kier alpha value is -4.80. The quantitative estimate of drug-likeness (QED) is 0.394. The number of carbonyl (C=O) groups is 2. The van der Waals surface area contributed by atoms with Gasteiger partial charge in [-0.25, -0.2) is 9.50 Å². The van der Waals surface area contributed by atoms with Crippen molar-refractivity contribution in [2.45, 2.75) is 20.4 Å². The number of rotatable bonds is 6. The van der Waals surface area contributed by atoms with E-state index in [-0.39, 0.29) is 11.6 Å². The summed E-state index contributed by atoms with van der Waals surface area (Å²) < 4.78 is 5.02. The zero-order chi connectivity index (χ0) is 24.5. The minimum Gasteiger partial charge on any atom is -0.321 e. The number of nitrogens with zero attached hydrogens (tertiary/aromatic N) is 7. The maximum atomic E-state index is 13.0. The van der Waals surface area contributed by atoms with E-state index in [1.54, 1.807) is 68.9 Å². The number of carbonyl (C=O) groups excluding carboxylic acids is 2. The first-order chi connectivity index (χ1) is 16.9. The number of aromatic nitrogens is 7. The Labute approximate surface area is 200 Å². The van der Waals surface area contributed by atoms with E-state index in [0.29, 0.717) is 29.3 Å². The molecule has 11 heteroatoms. The van der Waals surface area contributed by atoms with Crippen LogP contribution in [0.3, 0.4) is 0 Å². The summed E-state index contributed by atoms with van der Waals surface area (Å²) >= 11 is 0. The molecule has 2 amide bonds. The van der Waals surface area contributed by atoms with Crippen LogP contribution >= 0.6 is 0 Å². The number of anilines is 2. The Kier molecular flexibility index (Phi) is 5.57. The number of nitrogens with one attached hydrogen (secondary N) is 2. The summed E-state index contributed by atoms with van der Waals surface area (Å²) in [6.07, 6.45) is 5.02. The summed E-state index contributed by atoms with van der Waals surface area (Å²) in [5.74, 6) is -0.672. The van der Waals surface area contributed by atoms with Crippen LogP contribution in [0, 0.1) is 6.92 Å². The van der Waals surface area contributed by atoms with Crippen LogP contribution in [-0.2, 0) is 13.6 Å². The lowest BCUT2D eigenvalue weighted by molar-refractivity contribution is 0.101. The second-order valence-corrected chi connectivity index (χ2v) is 7.92. The van der Waals surface area contributed by atoms with Crippen molar-refractivity contribution in [1.82, 2.24) is 34.2 Å². The third-order valence-corrected chi connectivity index (χ3v) is 5.73. The second-order valence-electron chi connectivity index (χ2n) is 7.92. The Bertz CT molecular complexity index is 1560. The number of benzene rings is 1. The highest BCUT2D eigenvalue weighted by Crippen LogP contribution is 2.23. The summed E-state index contributed by atoms with van der Waals surface area (Å²) in [7, 11) is 1.87. The number of hydrogen-bond donors (Lipinski definition) is 2. The SMILES string of the molecule is CCn1nccc1C(=O)Nc1cccc(NC(=O)c2cc3nccc(-c4cnn(C)c4C)n3n2)c1. The molecule has 4 aromatic heterocycles. The van der Waals surface area contributed by atoms with Crippen molar-refractivity contribution in [3.8, 4) is 11.3 Å². The fourth-order valence-corrected chi connectivity index (χ4v) is 3.80. The maximum Gasteiger partial charge on any atom is 0.276 e. The summed E-state index contributed by atoms with van der Waals surface area (Å²) in [5, 5.41) is 18.6. The normalized spacial score (nSPS) is 11.1. The predicted molar refractivity (Wildman–Crippen MR) is 130 cm³/mol. The minimum absolute atomic E-state index is 0.216. The molecule has 5 aromatic rings. The first-order valence-corrected chi connectivity index (χ1v) is 11.0. The lowest BCUT2D eigenvalue weighted by Gasteiger charge is -2.09. The Morgan fingerprint density at radius 1 is 0.971 bits per heavy atom. The summed E-state index contributed by atoms with van der Waals surface area (Å²) in [4.78, 5) is 29.9. The molecule has 0 aliphatic rings. The van der Waals surface area contributed by atoms with Gasteiger partial charge in [0.2, 0.25) is 0 Å². The molecule has 0 bridgehead atoms. The minimum atomic E-state index is -0.392. The van der Waals surface area contributed by atoms with Gasteiger partial charge in [0.1, 0.15) is 5.69 Å². The molecule has 0 atom stereocenters. The van der Waals surface area contributed by atoms with Crippen LogP contribution in [0.25, 0.3) is 16.9 Å². The van der Waals surface area contributed by atoms with E-state index in [1.807, 2.05) is 27.0 Å². The van der Waals surface area contributed by atoms with Gasteiger partial charge < -0.3 is 10.6 Å². The van der Waals surface area contributed by atoms with Gasteiger partial charge in [0.25, 0.3) is 11.8 Å². The van der Waals surface area contributed by atoms with E-state index < -0.39 is 5.91 Å². The van der Waals surface area contributed by atoms with Crippen molar-refractivity contribution in [3.63, 3.8) is 0 Å². The molecule has 0 saturated heterocycles. The van der Waals surface area contributed by atoms with Gasteiger partial charge >= 0.3 is 0 Å². The van der Waals surface area contributed by atoms with Crippen LogP contribution in [0.15, 0.2) is 61.1 Å². The molecule has 176 valence electrons. The Morgan fingerprint density at radius 2 is 1.74 bits per heavy atom. The van der Waals surface area contributed by atoms with E-state index in [0.717, 1.165) is 17.0 Å². The molecular weight excluding hydrogens is 446 g/mol. The lowest BCUT2D eigenvalue weighted by Crippen LogP contribution is -2.17. The fourth-order valence-electron chi connectivity index (χ4n) is 3.80. The molecule has 35 heavy (non-hydrogen) atoms. The van der Waals surface area contributed by atoms with Crippen molar-refractivity contribution in [2.24, 2.45) is 7.05 Å². The van der Waals surface area contributed by atoms with E-state index in [9.17, 15) is 9.59 Å². The topological polar surface area (TPSA) is 124 Å². The zero-order valence-corrected chi connectivity index (χ0v) is 19.4. The molecule has 0 radical (unpaired) electrons. The van der Waals surface area contributed by atoms with E-state index in [2.05, 4.69) is 30.9 Å². The number of aryl methyl sites for hydroxylation is 2. The molecule has 0 spiro atoms. The Morgan fingerprint density at radius 3 is 2.46 bits per heavy atom. The molecule has 0 saturated carbocycles. The van der Waals surface area contributed by atoms with Gasteiger partial charge in [0, 0.05) is 54.7 Å². The van der Waals surface area contributed by atoms with Gasteiger partial charge in [0.15, 0.2) is 11.3 Å². The monoisotopic (exact) mass is 469 g/mol. The van der Waals surface area contributed by atoms with Crippen molar-refractivity contribution in [1.29, 1.82) is 0 Å². The molecule has 0 aliphatic heterocycles. The number of hydrogen-bond acceptors (Lipinski definition) is 6. The van der Waals surface area contributed by atoms with Gasteiger partial charge in [-0.2, -0.15) is 15.3 Å². The zero-order valence-electron chi connectivity index (χ0n) is 19.4. The van der Waals surface area contributed by atoms with Crippen LogP contribution in [0.2, 0.25) is 0 Å². The molecule has 0 fully saturated rings. The fraction of sp³-hybridized carbons (Fsp3) is 0.167. The van der Waals surface area contributed by atoms with E-state index >= 15 is 0 Å². The van der Waals surface area contributed by atoms with E-state index in [4.69, 9.17) is 0 Å². The largest absolute Gasteiger partial charge is 0.321 e. The molecule has 2 N–H and O–H groups in total. The molecule has 0 aliphatic carbocycles. The van der Waals surface area contributed by atoms with Crippen LogP contribution in [0.4, 0.5) is 11.4 Å². The molecule has 1 aromatic carbocycles. The van der Waals surface area contributed by atoms with Crippen molar-refractivity contribution < 1.29 is 9.59 Å². The lowest BCUT2D eigenvalue weighted by atomic mass is 10.2. The average Bonchev–Trinajstić information content (AvgIpc) is 3.58. The van der Waals surface area contributed by atoms with Crippen LogP contribution in [0.1, 0.15) is 33.6 Å². The number of amides is 2. The van der Waals surface area contributed by atoms with Gasteiger partial charge in [0.05, 0.1) is 11.9 Å². The first-order valence-electron chi connectivity index (χ1n) is 11.0. The highest BCUT2D eigenvalue weighted by molar-refractivity contribution is 6.05. The van der Waals surface area contributed by atoms with Crippen molar-refractivity contribution >= 4 is 28.8 Å².